The standard InChI is InChI=1S/C15H14Cl2N2O4S/c1-24(22,23)14-4-2-3-13(15(14)19(20)21)18-6-5-10-7-11(16)9-12(17)8-10/h2-4,7-9,18H,5-6H2,1H3. The first kappa shape index (κ1) is 18.5. The Morgan fingerprint density at radius 1 is 1.17 bits per heavy atom. The number of anilines is 1. The zero-order chi connectivity index (χ0) is 17.9. The quantitative estimate of drug-likeness (QED) is 0.597. The van der Waals surface area contributed by atoms with Crippen LogP contribution in [0.4, 0.5) is 11.4 Å². The number of rotatable bonds is 6. The lowest BCUT2D eigenvalue weighted by Crippen LogP contribution is -2.10. The lowest BCUT2D eigenvalue weighted by atomic mass is 10.1. The second kappa shape index (κ2) is 7.38. The molecule has 0 amide bonds. The van der Waals surface area contributed by atoms with E-state index in [1.807, 2.05) is 0 Å². The molecule has 2 aromatic carbocycles. The highest BCUT2D eigenvalue weighted by Gasteiger charge is 2.25. The first-order chi connectivity index (χ1) is 11.2. The fourth-order valence-electron chi connectivity index (χ4n) is 2.25. The van der Waals surface area contributed by atoms with Crippen molar-refractivity contribution in [1.82, 2.24) is 0 Å². The highest BCUT2D eigenvalue weighted by molar-refractivity contribution is 7.90. The highest BCUT2D eigenvalue weighted by atomic mass is 35.5. The third kappa shape index (κ3) is 4.59. The highest BCUT2D eigenvalue weighted by Crippen LogP contribution is 2.32. The van der Waals surface area contributed by atoms with Gasteiger partial charge in [0.25, 0.3) is 0 Å². The third-order valence-corrected chi connectivity index (χ3v) is 4.80. The number of para-hydroxylation sites is 1. The average Bonchev–Trinajstić information content (AvgIpc) is 2.44. The molecule has 0 bridgehead atoms. The van der Waals surface area contributed by atoms with E-state index in [0.29, 0.717) is 23.0 Å². The van der Waals surface area contributed by atoms with Gasteiger partial charge in [0.1, 0.15) is 10.6 Å². The summed E-state index contributed by atoms with van der Waals surface area (Å²) in [5.74, 6) is 0. The second-order valence-electron chi connectivity index (χ2n) is 5.14. The Bertz CT molecular complexity index is 865. The fourth-order valence-corrected chi connectivity index (χ4v) is 3.68. The molecule has 2 aromatic rings. The Morgan fingerprint density at radius 2 is 1.79 bits per heavy atom. The van der Waals surface area contributed by atoms with Gasteiger partial charge < -0.3 is 5.32 Å². The molecule has 0 aromatic heterocycles. The van der Waals surface area contributed by atoms with Gasteiger partial charge in [0.2, 0.25) is 0 Å². The summed E-state index contributed by atoms with van der Waals surface area (Å²) in [7, 11) is -3.71. The van der Waals surface area contributed by atoms with Gasteiger partial charge in [-0.05, 0) is 42.3 Å². The molecule has 2 rings (SSSR count). The lowest BCUT2D eigenvalue weighted by molar-refractivity contribution is -0.386. The molecule has 0 aliphatic rings. The molecule has 0 atom stereocenters. The maximum Gasteiger partial charge on any atom is 0.310 e. The van der Waals surface area contributed by atoms with Crippen molar-refractivity contribution in [1.29, 1.82) is 0 Å². The van der Waals surface area contributed by atoms with Crippen LogP contribution in [0.25, 0.3) is 0 Å². The predicted molar refractivity (Wildman–Crippen MR) is 94.9 cm³/mol. The maximum atomic E-state index is 11.7. The summed E-state index contributed by atoms with van der Waals surface area (Å²) < 4.78 is 23.4. The number of nitrogens with zero attached hydrogens (tertiary/aromatic N) is 1. The SMILES string of the molecule is CS(=O)(=O)c1cccc(NCCc2cc(Cl)cc(Cl)c2)c1[N+](=O)[O-]. The number of nitro benzene ring substituents is 1. The molecule has 24 heavy (non-hydrogen) atoms. The monoisotopic (exact) mass is 388 g/mol. The summed E-state index contributed by atoms with van der Waals surface area (Å²) >= 11 is 11.8. The number of hydrogen-bond acceptors (Lipinski definition) is 5. The van der Waals surface area contributed by atoms with E-state index in [9.17, 15) is 18.5 Å². The number of nitro groups is 1. The summed E-state index contributed by atoms with van der Waals surface area (Å²) in [4.78, 5) is 10.3. The lowest BCUT2D eigenvalue weighted by Gasteiger charge is -2.10. The molecule has 0 aliphatic carbocycles. The average molecular weight is 389 g/mol. The smallest absolute Gasteiger partial charge is 0.310 e. The van der Waals surface area contributed by atoms with E-state index >= 15 is 0 Å². The van der Waals surface area contributed by atoms with Crippen molar-refractivity contribution in [3.8, 4) is 0 Å². The number of hydrogen-bond donors (Lipinski definition) is 1. The Balaban J connectivity index is 2.22. The van der Waals surface area contributed by atoms with E-state index in [2.05, 4.69) is 5.32 Å². The van der Waals surface area contributed by atoms with Gasteiger partial charge >= 0.3 is 5.69 Å². The van der Waals surface area contributed by atoms with Gasteiger partial charge in [0.05, 0.1) is 4.92 Å². The first-order valence-corrected chi connectivity index (χ1v) is 9.49. The molecular weight excluding hydrogens is 375 g/mol. The third-order valence-electron chi connectivity index (χ3n) is 3.23. The fraction of sp³-hybridized carbons (Fsp3) is 0.200. The Labute approximate surface area is 149 Å². The largest absolute Gasteiger partial charge is 0.379 e. The minimum Gasteiger partial charge on any atom is -0.379 e. The van der Waals surface area contributed by atoms with Crippen molar-refractivity contribution in [3.05, 3.63) is 62.1 Å². The topological polar surface area (TPSA) is 89.3 Å². The molecule has 9 heteroatoms. The normalized spacial score (nSPS) is 11.3. The van der Waals surface area contributed by atoms with Gasteiger partial charge in [0.15, 0.2) is 9.84 Å². The molecule has 0 spiro atoms. The van der Waals surface area contributed by atoms with Crippen molar-refractivity contribution >= 4 is 44.4 Å². The Hall–Kier alpha value is -1.83. The summed E-state index contributed by atoms with van der Waals surface area (Å²) in [6.45, 7) is 0.352. The molecule has 0 unspecified atom stereocenters. The van der Waals surface area contributed by atoms with E-state index < -0.39 is 20.4 Å². The Morgan fingerprint density at radius 3 is 2.33 bits per heavy atom. The number of sulfone groups is 1. The van der Waals surface area contributed by atoms with Crippen LogP contribution in [0.5, 0.6) is 0 Å². The zero-order valence-corrected chi connectivity index (χ0v) is 15.0. The first-order valence-electron chi connectivity index (χ1n) is 6.85. The molecule has 1 N–H and O–H groups in total. The molecular formula is C15H14Cl2N2O4S. The van der Waals surface area contributed by atoms with E-state index in [1.54, 1.807) is 18.2 Å². The van der Waals surface area contributed by atoms with Gasteiger partial charge in [-0.2, -0.15) is 0 Å². The van der Waals surface area contributed by atoms with Crippen molar-refractivity contribution < 1.29 is 13.3 Å². The van der Waals surface area contributed by atoms with Crippen LogP contribution >= 0.6 is 23.2 Å². The molecule has 0 fully saturated rings. The van der Waals surface area contributed by atoms with Crippen molar-refractivity contribution in [2.75, 3.05) is 18.1 Å². The second-order valence-corrected chi connectivity index (χ2v) is 7.99. The van der Waals surface area contributed by atoms with Crippen LogP contribution in [-0.4, -0.2) is 26.1 Å². The van der Waals surface area contributed by atoms with E-state index in [-0.39, 0.29) is 10.6 Å². The van der Waals surface area contributed by atoms with Crippen LogP contribution in [0.2, 0.25) is 10.0 Å². The predicted octanol–water partition coefficient (Wildman–Crippen LogP) is 3.96. The van der Waals surface area contributed by atoms with Gasteiger partial charge in [-0.1, -0.05) is 29.3 Å². The van der Waals surface area contributed by atoms with Gasteiger partial charge in [-0.15, -0.1) is 0 Å². The molecule has 6 nitrogen and oxygen atoms in total. The van der Waals surface area contributed by atoms with Crippen molar-refractivity contribution in [2.45, 2.75) is 11.3 Å². The molecule has 0 radical (unpaired) electrons. The minimum atomic E-state index is -3.71. The summed E-state index contributed by atoms with van der Waals surface area (Å²) in [6, 6.07) is 9.25. The van der Waals surface area contributed by atoms with Crippen LogP contribution in [0.15, 0.2) is 41.3 Å². The van der Waals surface area contributed by atoms with Crippen LogP contribution in [0.1, 0.15) is 5.56 Å². The summed E-state index contributed by atoms with van der Waals surface area (Å²) in [6.07, 6.45) is 1.45. The zero-order valence-electron chi connectivity index (χ0n) is 12.6. The van der Waals surface area contributed by atoms with Crippen LogP contribution in [0, 0.1) is 10.1 Å². The van der Waals surface area contributed by atoms with E-state index in [4.69, 9.17) is 23.2 Å². The number of halogens is 2. The Kier molecular flexibility index (Phi) is 5.69. The molecule has 0 aliphatic heterocycles. The molecule has 128 valence electrons. The van der Waals surface area contributed by atoms with Gasteiger partial charge in [-0.25, -0.2) is 8.42 Å². The van der Waals surface area contributed by atoms with Crippen molar-refractivity contribution in [3.63, 3.8) is 0 Å². The van der Waals surface area contributed by atoms with Gasteiger partial charge in [-0.3, -0.25) is 10.1 Å². The number of benzene rings is 2. The van der Waals surface area contributed by atoms with Crippen LogP contribution in [0.3, 0.4) is 0 Å². The molecule has 0 heterocycles. The van der Waals surface area contributed by atoms with Crippen LogP contribution in [-0.2, 0) is 16.3 Å². The van der Waals surface area contributed by atoms with Crippen molar-refractivity contribution in [2.24, 2.45) is 0 Å². The molecule has 0 saturated carbocycles. The summed E-state index contributed by atoms with van der Waals surface area (Å²) in [5.41, 5.74) is 0.557. The van der Waals surface area contributed by atoms with E-state index in [1.165, 1.54) is 18.2 Å². The van der Waals surface area contributed by atoms with Crippen LogP contribution < -0.4 is 5.32 Å². The maximum absolute atomic E-state index is 11.7. The minimum absolute atomic E-state index is 0.149. The van der Waals surface area contributed by atoms with Gasteiger partial charge in [0, 0.05) is 22.8 Å². The molecule has 0 saturated heterocycles. The summed E-state index contributed by atoms with van der Waals surface area (Å²) in [5, 5.41) is 15.2. The van der Waals surface area contributed by atoms with E-state index in [0.717, 1.165) is 11.8 Å². The number of nitrogens with one attached hydrogen (secondary N) is 1.